The molecule has 8 aromatic carbocycles. The van der Waals surface area contributed by atoms with Gasteiger partial charge in [0.05, 0.1) is 6.54 Å². The number of carbonyl (C=O) groups excluding carboxylic acids is 2. The van der Waals surface area contributed by atoms with E-state index in [1.54, 1.807) is 97.1 Å². The number of fused-ring (bicyclic) bond motifs is 3. The maximum absolute atomic E-state index is 13.9. The predicted molar refractivity (Wildman–Crippen MR) is 268 cm³/mol. The Bertz CT molecular complexity index is 3320. The lowest BCUT2D eigenvalue weighted by molar-refractivity contribution is -0.142. The van der Waals surface area contributed by atoms with Crippen LogP contribution in [0.5, 0.6) is 17.2 Å². The highest BCUT2D eigenvalue weighted by atomic mass is 19.1. The topological polar surface area (TPSA) is 156 Å². The van der Waals surface area contributed by atoms with E-state index in [0.717, 1.165) is 16.6 Å². The predicted octanol–water partition coefficient (Wildman–Crippen LogP) is 11.8. The molecule has 0 saturated carbocycles. The molecule has 0 bridgehead atoms. The minimum absolute atomic E-state index is 0.145. The quantitative estimate of drug-likeness (QED) is 0.0576. The summed E-state index contributed by atoms with van der Waals surface area (Å²) in [4.78, 5) is 52.6. The maximum Gasteiger partial charge on any atom is 0.333 e. The Kier molecular flexibility index (Phi) is 13.2. The number of carboxylic acid groups (broad SMARTS) is 2. The average Bonchev–Trinajstić information content (AvgIpc) is 3.70. The van der Waals surface area contributed by atoms with Crippen molar-refractivity contribution in [3.8, 4) is 17.2 Å². The normalized spacial score (nSPS) is 12.4. The summed E-state index contributed by atoms with van der Waals surface area (Å²) in [6.45, 7) is 2.57. The van der Waals surface area contributed by atoms with Gasteiger partial charge < -0.3 is 34.9 Å². The number of anilines is 2. The highest BCUT2D eigenvalue weighted by Crippen LogP contribution is 2.33. The van der Waals surface area contributed by atoms with Crippen LogP contribution in [0.25, 0.3) is 21.8 Å². The SMILES string of the molecule is CC(Nc1ccccc1C(=O)c1ccc(F)cc1)(C(=O)O)c1ccc(Oc2ccc(C(=O)c3ccccc3NC(Cc3ccc(OCCn4c5ccccc5c5ccccc54)cc3)C(=O)O)cc2)cc1. The lowest BCUT2D eigenvalue weighted by atomic mass is 9.90. The van der Waals surface area contributed by atoms with Gasteiger partial charge in [0.2, 0.25) is 0 Å². The molecule has 0 amide bonds. The fourth-order valence-corrected chi connectivity index (χ4v) is 8.54. The highest BCUT2D eigenvalue weighted by Gasteiger charge is 2.36. The lowest BCUT2D eigenvalue weighted by Crippen LogP contribution is -2.40. The third-order valence-corrected chi connectivity index (χ3v) is 12.3. The minimum atomic E-state index is -1.67. The fraction of sp³-hybridized carbons (Fsp3) is 0.103. The van der Waals surface area contributed by atoms with E-state index >= 15 is 0 Å². The van der Waals surface area contributed by atoms with Crippen LogP contribution in [0.1, 0.15) is 49.9 Å². The van der Waals surface area contributed by atoms with Crippen molar-refractivity contribution in [2.75, 3.05) is 17.2 Å². The molecule has 0 aliphatic rings. The van der Waals surface area contributed by atoms with Crippen molar-refractivity contribution in [2.24, 2.45) is 0 Å². The highest BCUT2D eigenvalue weighted by molar-refractivity contribution is 6.13. The molecule has 12 heteroatoms. The molecule has 9 rings (SSSR count). The van der Waals surface area contributed by atoms with Gasteiger partial charge in [-0.2, -0.15) is 0 Å². The van der Waals surface area contributed by atoms with Gasteiger partial charge in [-0.15, -0.1) is 0 Å². The average molecular weight is 932 g/mol. The largest absolute Gasteiger partial charge is 0.492 e. The van der Waals surface area contributed by atoms with Crippen LogP contribution in [0.3, 0.4) is 0 Å². The number of hydrogen-bond donors (Lipinski definition) is 4. The second kappa shape index (κ2) is 20.1. The van der Waals surface area contributed by atoms with Crippen LogP contribution >= 0.6 is 0 Å². The molecule has 1 aromatic heterocycles. The van der Waals surface area contributed by atoms with E-state index in [1.165, 1.54) is 42.0 Å². The number of aliphatic carboxylic acids is 2. The summed E-state index contributed by atoms with van der Waals surface area (Å²) >= 11 is 0. The van der Waals surface area contributed by atoms with Crippen LogP contribution < -0.4 is 20.1 Å². The lowest BCUT2D eigenvalue weighted by Gasteiger charge is -2.29. The summed E-state index contributed by atoms with van der Waals surface area (Å²) in [5.74, 6) is -2.00. The Morgan fingerprint density at radius 1 is 0.586 bits per heavy atom. The Morgan fingerprint density at radius 2 is 1.07 bits per heavy atom. The van der Waals surface area contributed by atoms with Crippen molar-refractivity contribution < 1.29 is 43.3 Å². The van der Waals surface area contributed by atoms with Crippen molar-refractivity contribution in [2.45, 2.75) is 31.5 Å². The Morgan fingerprint density at radius 3 is 1.64 bits per heavy atom. The number of ether oxygens (including phenoxy) is 2. The number of carbonyl (C=O) groups is 4. The van der Waals surface area contributed by atoms with E-state index in [1.807, 2.05) is 48.5 Å². The molecule has 4 N–H and O–H groups in total. The Labute approximate surface area is 402 Å². The summed E-state index contributed by atoms with van der Waals surface area (Å²) in [6.07, 6.45) is 0.145. The van der Waals surface area contributed by atoms with Crippen LogP contribution in [0.15, 0.2) is 194 Å². The molecule has 348 valence electrons. The van der Waals surface area contributed by atoms with Gasteiger partial charge in [-0.25, -0.2) is 14.0 Å². The molecule has 1 heterocycles. The first kappa shape index (κ1) is 46.1. The first-order valence-corrected chi connectivity index (χ1v) is 22.6. The zero-order valence-corrected chi connectivity index (χ0v) is 37.8. The third kappa shape index (κ3) is 9.83. The van der Waals surface area contributed by atoms with Gasteiger partial charge >= 0.3 is 11.9 Å². The monoisotopic (exact) mass is 931 g/mol. The molecule has 70 heavy (non-hydrogen) atoms. The van der Waals surface area contributed by atoms with Crippen molar-refractivity contribution in [3.05, 3.63) is 233 Å². The number of nitrogens with zero attached hydrogens (tertiary/aromatic N) is 1. The molecule has 11 nitrogen and oxygen atoms in total. The zero-order valence-electron chi connectivity index (χ0n) is 37.8. The summed E-state index contributed by atoms with van der Waals surface area (Å²) in [5.41, 5.74) is 3.53. The standard InChI is InChI=1S/C58H46FN3O8/c1-58(57(67)68,61-50-15-7-3-13-48(50)55(64)38-20-26-41(59)27-21-38)40-24-32-44(33-25-40)70-43-30-22-39(23-31-43)54(63)47-12-2-6-14-49(47)60-51(56(65)66)36-37-18-28-42(29-19-37)69-35-34-62-52-16-8-4-10-45(52)46-11-5-9-17-53(46)62/h2-33,51,60-61H,34-36H2,1H3,(H,65,66)(H,67,68). The maximum atomic E-state index is 13.9. The van der Waals surface area contributed by atoms with Gasteiger partial charge in [-0.05, 0) is 127 Å². The summed E-state index contributed by atoms with van der Waals surface area (Å²) in [7, 11) is 0. The van der Waals surface area contributed by atoms with Crippen molar-refractivity contribution in [1.29, 1.82) is 0 Å². The number of carboxylic acids is 2. The smallest absolute Gasteiger partial charge is 0.333 e. The van der Waals surface area contributed by atoms with Crippen LogP contribution in [0, 0.1) is 5.82 Å². The fourth-order valence-electron chi connectivity index (χ4n) is 8.54. The number of benzene rings is 8. The molecule has 2 atom stereocenters. The number of para-hydroxylation sites is 4. The number of nitrogens with one attached hydrogen (secondary N) is 2. The van der Waals surface area contributed by atoms with E-state index in [-0.39, 0.29) is 29.0 Å². The van der Waals surface area contributed by atoms with E-state index in [4.69, 9.17) is 9.47 Å². The van der Waals surface area contributed by atoms with Crippen LogP contribution in [-0.2, 0) is 28.1 Å². The molecule has 0 radical (unpaired) electrons. The molecule has 0 aliphatic carbocycles. The van der Waals surface area contributed by atoms with Gasteiger partial charge in [-0.1, -0.05) is 84.9 Å². The van der Waals surface area contributed by atoms with Crippen LogP contribution in [-0.4, -0.2) is 50.9 Å². The number of ketones is 2. The molecular weight excluding hydrogens is 886 g/mol. The number of hydrogen-bond acceptors (Lipinski definition) is 8. The van der Waals surface area contributed by atoms with Gasteiger partial charge in [0, 0.05) is 61.9 Å². The van der Waals surface area contributed by atoms with E-state index in [9.17, 15) is 33.8 Å². The zero-order chi connectivity index (χ0) is 48.8. The van der Waals surface area contributed by atoms with Gasteiger partial charge in [0.25, 0.3) is 0 Å². The third-order valence-electron chi connectivity index (χ3n) is 12.3. The molecule has 0 spiro atoms. The van der Waals surface area contributed by atoms with Gasteiger partial charge in [0.15, 0.2) is 17.1 Å². The second-order valence-corrected chi connectivity index (χ2v) is 16.9. The summed E-state index contributed by atoms with van der Waals surface area (Å²) in [5, 5.41) is 29.2. The number of halogens is 1. The minimum Gasteiger partial charge on any atom is -0.492 e. The number of rotatable bonds is 19. The molecule has 0 saturated heterocycles. The van der Waals surface area contributed by atoms with E-state index in [2.05, 4.69) is 39.5 Å². The van der Waals surface area contributed by atoms with Gasteiger partial charge in [0.1, 0.15) is 35.7 Å². The first-order valence-electron chi connectivity index (χ1n) is 22.6. The van der Waals surface area contributed by atoms with Crippen molar-refractivity contribution >= 4 is 56.7 Å². The molecule has 0 fully saturated rings. The molecular formula is C58H46FN3O8. The van der Waals surface area contributed by atoms with E-state index < -0.39 is 35.1 Å². The summed E-state index contributed by atoms with van der Waals surface area (Å²) in [6, 6.07) is 54.3. The Balaban J connectivity index is 0.820. The van der Waals surface area contributed by atoms with Crippen LogP contribution in [0.2, 0.25) is 0 Å². The molecule has 9 aromatic rings. The van der Waals surface area contributed by atoms with Crippen molar-refractivity contribution in [1.82, 2.24) is 4.57 Å². The molecule has 0 aliphatic heterocycles. The Hall–Kier alpha value is -9.03. The first-order chi connectivity index (χ1) is 33.9. The van der Waals surface area contributed by atoms with Crippen molar-refractivity contribution in [3.63, 3.8) is 0 Å². The van der Waals surface area contributed by atoms with Crippen LogP contribution in [0.4, 0.5) is 15.8 Å². The van der Waals surface area contributed by atoms with Gasteiger partial charge in [-0.3, -0.25) is 9.59 Å². The second-order valence-electron chi connectivity index (χ2n) is 16.9. The number of aromatic nitrogens is 1. The van der Waals surface area contributed by atoms with E-state index in [0.29, 0.717) is 52.8 Å². The summed E-state index contributed by atoms with van der Waals surface area (Å²) < 4.78 is 28.0. The molecule has 2 unspecified atom stereocenters.